The molecule has 2 N–H and O–H groups in total. The summed E-state index contributed by atoms with van der Waals surface area (Å²) < 4.78 is 27.1. The number of hydrogen-bond acceptors (Lipinski definition) is 5. The monoisotopic (exact) mass is 386 g/mol. The summed E-state index contributed by atoms with van der Waals surface area (Å²) in [5.41, 5.74) is 0.644. The third kappa shape index (κ3) is 3.41. The molecular formula is C12H7BrN2O4S2. The van der Waals surface area contributed by atoms with Gasteiger partial charge in [0.1, 0.15) is 4.88 Å². The summed E-state index contributed by atoms with van der Waals surface area (Å²) >= 11 is 4.00. The van der Waals surface area contributed by atoms with Crippen LogP contribution in [0.25, 0.3) is 0 Å². The molecular weight excluding hydrogens is 380 g/mol. The molecule has 0 fully saturated rings. The molecule has 1 heterocycles. The molecule has 21 heavy (non-hydrogen) atoms. The van der Waals surface area contributed by atoms with Crippen LogP contribution in [0.1, 0.15) is 15.2 Å². The molecule has 0 atom stereocenters. The third-order valence-electron chi connectivity index (χ3n) is 2.44. The summed E-state index contributed by atoms with van der Waals surface area (Å²) in [5.74, 6) is -1.18. The number of nitrogens with one attached hydrogen (secondary N) is 1. The Bertz CT molecular complexity index is 852. The number of thiophene rings is 1. The van der Waals surface area contributed by atoms with Gasteiger partial charge in [-0.25, -0.2) is 13.2 Å². The van der Waals surface area contributed by atoms with Crippen LogP contribution < -0.4 is 4.72 Å². The first-order valence-corrected chi connectivity index (χ1v) is 8.53. The number of sulfonamides is 1. The van der Waals surface area contributed by atoms with Gasteiger partial charge < -0.3 is 5.11 Å². The van der Waals surface area contributed by atoms with E-state index >= 15 is 0 Å². The van der Waals surface area contributed by atoms with Crippen molar-refractivity contribution in [3.8, 4) is 6.07 Å². The smallest absolute Gasteiger partial charge is 0.345 e. The van der Waals surface area contributed by atoms with Crippen LogP contribution in [0.3, 0.4) is 0 Å². The van der Waals surface area contributed by atoms with E-state index < -0.39 is 16.0 Å². The predicted molar refractivity (Wildman–Crippen MR) is 80.9 cm³/mol. The number of carbonyl (C=O) groups is 1. The number of nitriles is 1. The van der Waals surface area contributed by atoms with E-state index in [1.165, 1.54) is 23.6 Å². The Balaban J connectivity index is 2.33. The van der Waals surface area contributed by atoms with Crippen LogP contribution in [0.15, 0.2) is 39.0 Å². The minimum atomic E-state index is -3.88. The summed E-state index contributed by atoms with van der Waals surface area (Å²) in [6, 6.07) is 7.43. The van der Waals surface area contributed by atoms with E-state index in [-0.39, 0.29) is 15.5 Å². The minimum absolute atomic E-state index is 0.0609. The van der Waals surface area contributed by atoms with E-state index in [2.05, 4.69) is 20.7 Å². The topological polar surface area (TPSA) is 107 Å². The van der Waals surface area contributed by atoms with Gasteiger partial charge in [-0.3, -0.25) is 4.72 Å². The van der Waals surface area contributed by atoms with Crippen LogP contribution >= 0.6 is 27.3 Å². The van der Waals surface area contributed by atoms with Gasteiger partial charge in [-0.1, -0.05) is 0 Å². The zero-order valence-electron chi connectivity index (χ0n) is 10.2. The Morgan fingerprint density at radius 2 is 2.10 bits per heavy atom. The second-order valence-electron chi connectivity index (χ2n) is 3.86. The lowest BCUT2D eigenvalue weighted by atomic mass is 10.2. The molecule has 2 rings (SSSR count). The van der Waals surface area contributed by atoms with Gasteiger partial charge in [0.05, 0.1) is 22.2 Å². The highest BCUT2D eigenvalue weighted by atomic mass is 79.9. The van der Waals surface area contributed by atoms with Crippen LogP contribution in [0, 0.1) is 11.3 Å². The van der Waals surface area contributed by atoms with Gasteiger partial charge in [-0.2, -0.15) is 5.26 Å². The van der Waals surface area contributed by atoms with Crippen molar-refractivity contribution in [1.29, 1.82) is 5.26 Å². The van der Waals surface area contributed by atoms with Crippen LogP contribution in [0.4, 0.5) is 5.69 Å². The molecule has 0 aliphatic rings. The van der Waals surface area contributed by atoms with E-state index in [0.717, 1.165) is 17.4 Å². The third-order valence-corrected chi connectivity index (χ3v) is 5.51. The fourth-order valence-corrected chi connectivity index (χ4v) is 4.24. The fourth-order valence-electron chi connectivity index (χ4n) is 1.44. The van der Waals surface area contributed by atoms with Crippen molar-refractivity contribution in [2.24, 2.45) is 0 Å². The Hall–Kier alpha value is -1.89. The maximum absolute atomic E-state index is 12.2. The lowest BCUT2D eigenvalue weighted by Crippen LogP contribution is -2.12. The molecule has 0 aliphatic heterocycles. The number of benzene rings is 1. The van der Waals surface area contributed by atoms with Crippen molar-refractivity contribution in [2.75, 3.05) is 4.72 Å². The SMILES string of the molecule is N#Cc1ccc(NS(=O)(=O)c2csc(C(=O)O)c2)c(Br)c1. The molecule has 0 bridgehead atoms. The second kappa shape index (κ2) is 5.85. The zero-order chi connectivity index (χ0) is 15.6. The average Bonchev–Trinajstić information content (AvgIpc) is 2.91. The Morgan fingerprint density at radius 1 is 1.38 bits per heavy atom. The Labute approximate surface area is 132 Å². The minimum Gasteiger partial charge on any atom is -0.477 e. The molecule has 0 aliphatic carbocycles. The first-order chi connectivity index (χ1) is 9.83. The second-order valence-corrected chi connectivity index (χ2v) is 7.31. The van der Waals surface area contributed by atoms with Gasteiger partial charge in [-0.05, 0) is 40.2 Å². The molecule has 6 nitrogen and oxygen atoms in total. The van der Waals surface area contributed by atoms with Crippen LogP contribution in [0.2, 0.25) is 0 Å². The lowest BCUT2D eigenvalue weighted by molar-refractivity contribution is 0.0702. The van der Waals surface area contributed by atoms with Gasteiger partial charge in [0.2, 0.25) is 0 Å². The first kappa shape index (κ1) is 15.5. The number of halogens is 1. The molecule has 2 aromatic rings. The van der Waals surface area contributed by atoms with E-state index in [1.807, 2.05) is 6.07 Å². The Morgan fingerprint density at radius 3 is 2.62 bits per heavy atom. The molecule has 108 valence electrons. The van der Waals surface area contributed by atoms with E-state index in [9.17, 15) is 13.2 Å². The molecule has 0 saturated carbocycles. The molecule has 0 saturated heterocycles. The number of hydrogen-bond donors (Lipinski definition) is 2. The molecule has 0 radical (unpaired) electrons. The summed E-state index contributed by atoms with van der Waals surface area (Å²) in [5, 5.41) is 18.8. The van der Waals surface area contributed by atoms with Crippen LogP contribution in [-0.4, -0.2) is 19.5 Å². The van der Waals surface area contributed by atoms with E-state index in [0.29, 0.717) is 10.0 Å². The van der Waals surface area contributed by atoms with Crippen molar-refractivity contribution in [2.45, 2.75) is 4.90 Å². The standard InChI is InChI=1S/C12H7BrN2O4S2/c13-9-3-7(5-14)1-2-10(9)15-21(18,19)8-4-11(12(16)17)20-6-8/h1-4,6,15H,(H,16,17). The number of anilines is 1. The zero-order valence-corrected chi connectivity index (χ0v) is 13.4. The highest BCUT2D eigenvalue weighted by Gasteiger charge is 2.19. The molecule has 0 spiro atoms. The van der Waals surface area contributed by atoms with Gasteiger partial charge in [0.25, 0.3) is 10.0 Å². The molecule has 0 amide bonds. The summed E-state index contributed by atoms with van der Waals surface area (Å²) in [6.45, 7) is 0. The Kier molecular flexibility index (Phi) is 4.32. The van der Waals surface area contributed by atoms with Gasteiger partial charge in [-0.15, -0.1) is 11.3 Å². The van der Waals surface area contributed by atoms with Crippen LogP contribution in [0.5, 0.6) is 0 Å². The van der Waals surface area contributed by atoms with Gasteiger partial charge in [0.15, 0.2) is 0 Å². The maximum Gasteiger partial charge on any atom is 0.345 e. The predicted octanol–water partition coefficient (Wildman–Crippen LogP) is 2.88. The van der Waals surface area contributed by atoms with Crippen molar-refractivity contribution in [3.63, 3.8) is 0 Å². The van der Waals surface area contributed by atoms with E-state index in [4.69, 9.17) is 10.4 Å². The van der Waals surface area contributed by atoms with Gasteiger partial charge >= 0.3 is 5.97 Å². The summed E-state index contributed by atoms with van der Waals surface area (Å²) in [6.07, 6.45) is 0. The number of aromatic carboxylic acids is 1. The van der Waals surface area contributed by atoms with Crippen LogP contribution in [-0.2, 0) is 10.0 Å². The highest BCUT2D eigenvalue weighted by molar-refractivity contribution is 9.10. The average molecular weight is 387 g/mol. The largest absolute Gasteiger partial charge is 0.477 e. The summed E-state index contributed by atoms with van der Waals surface area (Å²) in [7, 11) is -3.88. The molecule has 0 unspecified atom stereocenters. The normalized spacial score (nSPS) is 10.9. The first-order valence-electron chi connectivity index (χ1n) is 5.38. The van der Waals surface area contributed by atoms with Crippen molar-refractivity contribution in [1.82, 2.24) is 0 Å². The molecule has 1 aromatic heterocycles. The van der Waals surface area contributed by atoms with Crippen molar-refractivity contribution < 1.29 is 18.3 Å². The van der Waals surface area contributed by atoms with Crippen molar-refractivity contribution >= 4 is 48.9 Å². The number of rotatable bonds is 4. The fraction of sp³-hybridized carbons (Fsp3) is 0. The quantitative estimate of drug-likeness (QED) is 0.839. The lowest BCUT2D eigenvalue weighted by Gasteiger charge is -2.08. The molecule has 9 heteroatoms. The maximum atomic E-state index is 12.2. The molecule has 1 aromatic carbocycles. The van der Waals surface area contributed by atoms with Crippen molar-refractivity contribution in [3.05, 3.63) is 44.6 Å². The van der Waals surface area contributed by atoms with E-state index in [1.54, 1.807) is 0 Å². The number of carboxylic acids is 1. The highest BCUT2D eigenvalue weighted by Crippen LogP contribution is 2.27. The van der Waals surface area contributed by atoms with Gasteiger partial charge in [0, 0.05) is 9.85 Å². The number of carboxylic acid groups (broad SMARTS) is 1. The number of nitrogens with zero attached hydrogens (tertiary/aromatic N) is 1. The summed E-state index contributed by atoms with van der Waals surface area (Å²) in [4.78, 5) is 10.6.